The van der Waals surface area contributed by atoms with E-state index in [1.165, 1.54) is 11.3 Å². The van der Waals surface area contributed by atoms with Gasteiger partial charge in [-0.05, 0) is 36.8 Å². The minimum atomic E-state index is 0.359. The van der Waals surface area contributed by atoms with Gasteiger partial charge in [0.1, 0.15) is 0 Å². The van der Waals surface area contributed by atoms with Crippen molar-refractivity contribution in [2.45, 2.75) is 29.0 Å². The molecular formula is C15H17NOS. The predicted molar refractivity (Wildman–Crippen MR) is 72.3 cm³/mol. The van der Waals surface area contributed by atoms with Crippen LogP contribution in [0.4, 0.5) is 0 Å². The molecule has 1 heterocycles. The highest BCUT2D eigenvalue weighted by Crippen LogP contribution is 2.59. The van der Waals surface area contributed by atoms with Gasteiger partial charge in [0, 0.05) is 29.2 Å². The highest BCUT2D eigenvalue weighted by atomic mass is 32.2. The molecule has 3 aliphatic rings. The lowest BCUT2D eigenvalue weighted by atomic mass is 9.89. The van der Waals surface area contributed by atoms with Crippen molar-refractivity contribution in [1.82, 2.24) is 4.90 Å². The molecular weight excluding hydrogens is 242 g/mol. The Morgan fingerprint density at radius 3 is 2.78 bits per heavy atom. The smallest absolute Gasteiger partial charge is 0.226 e. The van der Waals surface area contributed by atoms with Gasteiger partial charge in [-0.3, -0.25) is 4.79 Å². The molecule has 2 nitrogen and oxygen atoms in total. The second-order valence-corrected chi connectivity index (χ2v) is 7.09. The summed E-state index contributed by atoms with van der Waals surface area (Å²) in [6, 6.07) is 11.1. The molecule has 2 aliphatic carbocycles. The quantitative estimate of drug-likeness (QED) is 0.814. The number of rotatable bonds is 2. The zero-order chi connectivity index (χ0) is 12.3. The minimum Gasteiger partial charge on any atom is -0.341 e. The Morgan fingerprint density at radius 2 is 2.00 bits per heavy atom. The van der Waals surface area contributed by atoms with E-state index in [2.05, 4.69) is 30.3 Å². The van der Waals surface area contributed by atoms with Gasteiger partial charge in [0.25, 0.3) is 0 Å². The van der Waals surface area contributed by atoms with Gasteiger partial charge in [0.2, 0.25) is 5.91 Å². The molecule has 4 rings (SSSR count). The first-order valence-electron chi connectivity index (χ1n) is 6.74. The summed E-state index contributed by atoms with van der Waals surface area (Å²) < 4.78 is 0. The number of nitrogens with zero attached hydrogens (tertiary/aromatic N) is 1. The molecule has 5 atom stereocenters. The number of thioether (sulfide) groups is 1. The fourth-order valence-electron chi connectivity index (χ4n) is 4.30. The molecule has 2 bridgehead atoms. The van der Waals surface area contributed by atoms with Gasteiger partial charge in [-0.2, -0.15) is 0 Å². The van der Waals surface area contributed by atoms with E-state index in [0.29, 0.717) is 29.0 Å². The van der Waals surface area contributed by atoms with E-state index in [1.54, 1.807) is 0 Å². The number of likely N-dealkylation sites (tertiary alicyclic amines) is 1. The van der Waals surface area contributed by atoms with Crippen molar-refractivity contribution >= 4 is 17.7 Å². The molecule has 1 aromatic rings. The first-order chi connectivity index (χ1) is 8.75. The monoisotopic (exact) mass is 259 g/mol. The summed E-state index contributed by atoms with van der Waals surface area (Å²) in [7, 11) is 2.01. The Bertz CT molecular complexity index is 489. The lowest BCUT2D eigenvalue weighted by Crippen LogP contribution is -2.37. The lowest BCUT2D eigenvalue weighted by Gasteiger charge is -2.29. The maximum absolute atomic E-state index is 12.1. The average Bonchev–Trinajstić information content (AvgIpc) is 3.00. The molecule has 0 spiro atoms. The Hall–Kier alpha value is -0.960. The molecule has 1 saturated heterocycles. The molecule has 0 N–H and O–H groups in total. The minimum absolute atomic E-state index is 0.359. The maximum atomic E-state index is 12.1. The van der Waals surface area contributed by atoms with E-state index < -0.39 is 0 Å². The molecule has 0 radical (unpaired) electrons. The van der Waals surface area contributed by atoms with Gasteiger partial charge >= 0.3 is 0 Å². The van der Waals surface area contributed by atoms with Crippen LogP contribution in [-0.4, -0.2) is 29.1 Å². The normalized spacial score (nSPS) is 40.8. The van der Waals surface area contributed by atoms with Crippen molar-refractivity contribution in [3.63, 3.8) is 0 Å². The van der Waals surface area contributed by atoms with Gasteiger partial charge in [-0.15, -0.1) is 11.8 Å². The second-order valence-electron chi connectivity index (χ2n) is 5.84. The van der Waals surface area contributed by atoms with Crippen LogP contribution in [0.3, 0.4) is 0 Å². The highest BCUT2D eigenvalue weighted by Gasteiger charge is 2.62. The summed E-state index contributed by atoms with van der Waals surface area (Å²) in [5, 5.41) is 0.616. The average molecular weight is 259 g/mol. The van der Waals surface area contributed by atoms with Crippen molar-refractivity contribution in [2.75, 3.05) is 7.05 Å². The largest absolute Gasteiger partial charge is 0.341 e. The summed E-state index contributed by atoms with van der Waals surface area (Å²) in [6.07, 6.45) is 2.41. The van der Waals surface area contributed by atoms with Crippen LogP contribution in [0.1, 0.15) is 12.8 Å². The first-order valence-corrected chi connectivity index (χ1v) is 7.62. The van der Waals surface area contributed by atoms with Crippen molar-refractivity contribution in [2.24, 2.45) is 17.8 Å². The van der Waals surface area contributed by atoms with Crippen LogP contribution in [0.2, 0.25) is 0 Å². The van der Waals surface area contributed by atoms with Gasteiger partial charge in [-0.25, -0.2) is 0 Å². The number of fused-ring (bicyclic) bond motifs is 1. The van der Waals surface area contributed by atoms with Gasteiger partial charge in [0.05, 0.1) is 0 Å². The van der Waals surface area contributed by atoms with E-state index in [9.17, 15) is 4.79 Å². The summed E-state index contributed by atoms with van der Waals surface area (Å²) in [6.45, 7) is 0. The molecule has 0 aromatic heterocycles. The standard InChI is InChI=1S/C15H17NOS/c1-16-13-11-7-9(8-12(11)15(16)17)14(13)18-10-5-3-2-4-6-10/h2-6,9,11-14H,7-8H2,1H3. The van der Waals surface area contributed by atoms with E-state index in [-0.39, 0.29) is 0 Å². The Morgan fingerprint density at radius 1 is 1.22 bits per heavy atom. The van der Waals surface area contributed by atoms with Crippen LogP contribution in [0.15, 0.2) is 35.2 Å². The maximum Gasteiger partial charge on any atom is 0.226 e. The van der Waals surface area contributed by atoms with Crippen LogP contribution >= 0.6 is 11.8 Å². The Kier molecular flexibility index (Phi) is 2.28. The third-order valence-electron chi connectivity index (χ3n) is 5.02. The van der Waals surface area contributed by atoms with Crippen molar-refractivity contribution in [1.29, 1.82) is 0 Å². The molecule has 3 heteroatoms. The fourth-order valence-corrected chi connectivity index (χ4v) is 5.87. The Labute approximate surface area is 112 Å². The molecule has 1 aliphatic heterocycles. The Balaban J connectivity index is 1.62. The lowest BCUT2D eigenvalue weighted by molar-refractivity contribution is -0.130. The highest BCUT2D eigenvalue weighted by molar-refractivity contribution is 8.00. The van der Waals surface area contributed by atoms with Crippen LogP contribution in [0.25, 0.3) is 0 Å². The van der Waals surface area contributed by atoms with Crippen LogP contribution < -0.4 is 0 Å². The third kappa shape index (κ3) is 1.34. The first kappa shape index (κ1) is 10.9. The molecule has 3 fully saturated rings. The zero-order valence-electron chi connectivity index (χ0n) is 10.5. The molecule has 1 aromatic carbocycles. The summed E-state index contributed by atoms with van der Waals surface area (Å²) >= 11 is 1.99. The second kappa shape index (κ2) is 3.77. The number of benzene rings is 1. The van der Waals surface area contributed by atoms with Gasteiger partial charge in [-0.1, -0.05) is 18.2 Å². The fraction of sp³-hybridized carbons (Fsp3) is 0.533. The van der Waals surface area contributed by atoms with Crippen LogP contribution in [0, 0.1) is 17.8 Å². The zero-order valence-corrected chi connectivity index (χ0v) is 11.3. The van der Waals surface area contributed by atoms with Crippen LogP contribution in [0.5, 0.6) is 0 Å². The molecule has 18 heavy (non-hydrogen) atoms. The number of hydrogen-bond acceptors (Lipinski definition) is 2. The molecule has 5 unspecified atom stereocenters. The topological polar surface area (TPSA) is 20.3 Å². The predicted octanol–water partition coefficient (Wildman–Crippen LogP) is 2.64. The van der Waals surface area contributed by atoms with E-state index >= 15 is 0 Å². The SMILES string of the molecule is CN1C(=O)C2CC3CC2C1C3Sc1ccccc1. The van der Waals surface area contributed by atoms with Crippen LogP contribution in [-0.2, 0) is 4.79 Å². The molecule has 1 amide bonds. The van der Waals surface area contributed by atoms with Gasteiger partial charge < -0.3 is 4.90 Å². The summed E-state index contributed by atoms with van der Waals surface area (Å²) in [4.78, 5) is 15.5. The summed E-state index contributed by atoms with van der Waals surface area (Å²) in [5.41, 5.74) is 0. The number of hydrogen-bond donors (Lipinski definition) is 0. The van der Waals surface area contributed by atoms with Crippen molar-refractivity contribution in [3.05, 3.63) is 30.3 Å². The molecule has 94 valence electrons. The number of carbonyl (C=O) groups is 1. The molecule has 2 saturated carbocycles. The third-order valence-corrected chi connectivity index (χ3v) is 6.50. The van der Waals surface area contributed by atoms with E-state index in [1.807, 2.05) is 23.7 Å². The summed E-state index contributed by atoms with van der Waals surface area (Å²) in [5.74, 6) is 2.17. The number of carbonyl (C=O) groups excluding carboxylic acids is 1. The van der Waals surface area contributed by atoms with Crippen molar-refractivity contribution in [3.8, 4) is 0 Å². The van der Waals surface area contributed by atoms with Gasteiger partial charge in [0.15, 0.2) is 0 Å². The van der Waals surface area contributed by atoms with Crippen molar-refractivity contribution < 1.29 is 4.79 Å². The number of amides is 1. The van der Waals surface area contributed by atoms with E-state index in [4.69, 9.17) is 0 Å². The van der Waals surface area contributed by atoms with E-state index in [0.717, 1.165) is 12.3 Å².